The molecule has 130 valence electrons. The van der Waals surface area contributed by atoms with Gasteiger partial charge in [0.05, 0.1) is 7.11 Å². The van der Waals surface area contributed by atoms with E-state index < -0.39 is 15.6 Å². The maximum absolute atomic E-state index is 12.7. The Kier molecular flexibility index (Phi) is 4.57. The first-order chi connectivity index (χ1) is 11.8. The van der Waals surface area contributed by atoms with E-state index in [1.807, 2.05) is 6.92 Å². The van der Waals surface area contributed by atoms with E-state index in [-0.39, 0.29) is 10.6 Å². The third kappa shape index (κ3) is 3.54. The first kappa shape index (κ1) is 17.5. The van der Waals surface area contributed by atoms with Gasteiger partial charge in [-0.25, -0.2) is 13.2 Å². The number of anilines is 1. The number of benzene rings is 2. The molecule has 25 heavy (non-hydrogen) atoms. The number of sulfonamides is 1. The van der Waals surface area contributed by atoms with E-state index in [4.69, 9.17) is 9.15 Å². The average Bonchev–Trinajstić information content (AvgIpc) is 2.56. The molecule has 3 aromatic rings. The Morgan fingerprint density at radius 1 is 1.12 bits per heavy atom. The zero-order valence-electron chi connectivity index (χ0n) is 13.4. The van der Waals surface area contributed by atoms with Crippen molar-refractivity contribution < 1.29 is 17.6 Å². The minimum Gasteiger partial charge on any atom is -0.495 e. The Bertz CT molecular complexity index is 1120. The zero-order valence-corrected chi connectivity index (χ0v) is 15.8. The van der Waals surface area contributed by atoms with Crippen LogP contribution in [0.5, 0.6) is 5.75 Å². The van der Waals surface area contributed by atoms with Crippen molar-refractivity contribution in [2.75, 3.05) is 11.8 Å². The molecule has 1 aromatic heterocycles. The fraction of sp³-hybridized carbons (Fsp3) is 0.118. The Morgan fingerprint density at radius 3 is 2.60 bits per heavy atom. The van der Waals surface area contributed by atoms with Crippen molar-refractivity contribution in [2.24, 2.45) is 0 Å². The van der Waals surface area contributed by atoms with Gasteiger partial charge in [-0.15, -0.1) is 0 Å². The summed E-state index contributed by atoms with van der Waals surface area (Å²) in [5.41, 5.74) is 1.12. The molecule has 0 amide bonds. The second-order valence-corrected chi connectivity index (χ2v) is 7.87. The third-order valence-electron chi connectivity index (χ3n) is 3.61. The summed E-state index contributed by atoms with van der Waals surface area (Å²) >= 11 is 3.34. The van der Waals surface area contributed by atoms with Gasteiger partial charge in [0.1, 0.15) is 16.2 Å². The standard InChI is InChI=1S/C17H14BrNO5S/c1-10-7-15(23-2)16(9-13(10)18)25(21,22)19-12-4-5-14-11(8-12)3-6-17(20)24-14/h3-9,19H,1-2H3. The highest BCUT2D eigenvalue weighted by Gasteiger charge is 2.21. The first-order valence-corrected chi connectivity index (χ1v) is 9.48. The van der Waals surface area contributed by atoms with Crippen LogP contribution in [0.15, 0.2) is 61.0 Å². The van der Waals surface area contributed by atoms with Crippen LogP contribution in [0, 0.1) is 6.92 Å². The highest BCUT2D eigenvalue weighted by Crippen LogP contribution is 2.32. The molecule has 0 unspecified atom stereocenters. The normalized spacial score (nSPS) is 11.5. The number of hydrogen-bond acceptors (Lipinski definition) is 5. The molecule has 0 fully saturated rings. The summed E-state index contributed by atoms with van der Waals surface area (Å²) in [5, 5.41) is 0.608. The fourth-order valence-electron chi connectivity index (χ4n) is 2.35. The molecule has 1 heterocycles. The van der Waals surface area contributed by atoms with Gasteiger partial charge in [0.15, 0.2) is 0 Å². The molecule has 0 aliphatic carbocycles. The van der Waals surface area contributed by atoms with Gasteiger partial charge in [-0.3, -0.25) is 4.72 Å². The fourth-order valence-corrected chi connectivity index (χ4v) is 4.07. The summed E-state index contributed by atoms with van der Waals surface area (Å²) < 4.78 is 38.9. The Morgan fingerprint density at radius 2 is 1.88 bits per heavy atom. The van der Waals surface area contributed by atoms with Gasteiger partial charge >= 0.3 is 5.63 Å². The van der Waals surface area contributed by atoms with Gasteiger partial charge in [-0.05, 0) is 48.9 Å². The van der Waals surface area contributed by atoms with E-state index in [0.29, 0.717) is 21.1 Å². The molecule has 3 rings (SSSR count). The van der Waals surface area contributed by atoms with Gasteiger partial charge in [-0.2, -0.15) is 0 Å². The highest BCUT2D eigenvalue weighted by atomic mass is 79.9. The van der Waals surface area contributed by atoms with Crippen LogP contribution in [0.3, 0.4) is 0 Å². The van der Waals surface area contributed by atoms with E-state index in [1.165, 1.54) is 31.4 Å². The van der Waals surface area contributed by atoms with Crippen LogP contribution in [-0.4, -0.2) is 15.5 Å². The molecule has 6 nitrogen and oxygen atoms in total. The molecule has 0 atom stereocenters. The van der Waals surface area contributed by atoms with Crippen LogP contribution in [0.2, 0.25) is 0 Å². The molecule has 0 aliphatic heterocycles. The second kappa shape index (κ2) is 6.53. The predicted molar refractivity (Wildman–Crippen MR) is 98.7 cm³/mol. The lowest BCUT2D eigenvalue weighted by atomic mass is 10.2. The van der Waals surface area contributed by atoms with E-state index in [0.717, 1.165) is 5.56 Å². The molecule has 8 heteroatoms. The number of hydrogen-bond donors (Lipinski definition) is 1. The van der Waals surface area contributed by atoms with E-state index in [9.17, 15) is 13.2 Å². The van der Waals surface area contributed by atoms with Gasteiger partial charge < -0.3 is 9.15 Å². The van der Waals surface area contributed by atoms with Crippen molar-refractivity contribution in [3.05, 3.63) is 62.9 Å². The molecular weight excluding hydrogens is 410 g/mol. The van der Waals surface area contributed by atoms with Crippen molar-refractivity contribution in [1.29, 1.82) is 0 Å². The summed E-state index contributed by atoms with van der Waals surface area (Å²) in [6.07, 6.45) is 0. The van der Waals surface area contributed by atoms with E-state index >= 15 is 0 Å². The minimum absolute atomic E-state index is 0.0205. The quantitative estimate of drug-likeness (QED) is 0.646. The summed E-state index contributed by atoms with van der Waals surface area (Å²) in [4.78, 5) is 11.2. The number of rotatable bonds is 4. The zero-order chi connectivity index (χ0) is 18.2. The van der Waals surface area contributed by atoms with Gasteiger partial charge in [0, 0.05) is 21.6 Å². The third-order valence-corrected chi connectivity index (χ3v) is 5.86. The highest BCUT2D eigenvalue weighted by molar-refractivity contribution is 9.10. The van der Waals surface area contributed by atoms with Gasteiger partial charge in [0.25, 0.3) is 10.0 Å². The molecule has 1 N–H and O–H groups in total. The lowest BCUT2D eigenvalue weighted by Crippen LogP contribution is -2.14. The Balaban J connectivity index is 2.03. The van der Waals surface area contributed by atoms with Crippen molar-refractivity contribution in [2.45, 2.75) is 11.8 Å². The molecule has 2 aromatic carbocycles. The van der Waals surface area contributed by atoms with Crippen LogP contribution in [0.1, 0.15) is 5.56 Å². The van der Waals surface area contributed by atoms with Gasteiger partial charge in [0.2, 0.25) is 0 Å². The lowest BCUT2D eigenvalue weighted by molar-refractivity contribution is 0.402. The second-order valence-electron chi connectivity index (χ2n) is 5.36. The molecule has 0 saturated heterocycles. The minimum atomic E-state index is -3.87. The smallest absolute Gasteiger partial charge is 0.336 e. The van der Waals surface area contributed by atoms with Gasteiger partial charge in [-0.1, -0.05) is 15.9 Å². The molecule has 0 spiro atoms. The molecular formula is C17H14BrNO5S. The topological polar surface area (TPSA) is 85.6 Å². The number of halogens is 1. The van der Waals surface area contributed by atoms with Crippen molar-refractivity contribution in [3.8, 4) is 5.75 Å². The molecule has 0 saturated carbocycles. The summed E-state index contributed by atoms with van der Waals surface area (Å²) in [6, 6.07) is 10.6. The van der Waals surface area contributed by atoms with Crippen LogP contribution in [-0.2, 0) is 10.0 Å². The van der Waals surface area contributed by atoms with Crippen molar-refractivity contribution >= 4 is 42.6 Å². The largest absolute Gasteiger partial charge is 0.495 e. The lowest BCUT2D eigenvalue weighted by Gasteiger charge is -2.13. The number of fused-ring (bicyclic) bond motifs is 1. The number of nitrogens with one attached hydrogen (secondary N) is 1. The number of methoxy groups -OCH3 is 1. The van der Waals surface area contributed by atoms with Crippen LogP contribution in [0.4, 0.5) is 5.69 Å². The number of aryl methyl sites for hydroxylation is 1. The van der Waals surface area contributed by atoms with Crippen LogP contribution >= 0.6 is 15.9 Å². The monoisotopic (exact) mass is 423 g/mol. The summed E-state index contributed by atoms with van der Waals surface area (Å²) in [7, 11) is -2.45. The van der Waals surface area contributed by atoms with Crippen LogP contribution in [0.25, 0.3) is 11.0 Å². The molecule has 0 aliphatic rings. The van der Waals surface area contributed by atoms with Crippen molar-refractivity contribution in [3.63, 3.8) is 0 Å². The summed E-state index contributed by atoms with van der Waals surface area (Å²) in [6.45, 7) is 1.84. The first-order valence-electron chi connectivity index (χ1n) is 7.21. The summed E-state index contributed by atoms with van der Waals surface area (Å²) in [5.74, 6) is 0.250. The molecule has 0 bridgehead atoms. The van der Waals surface area contributed by atoms with Crippen molar-refractivity contribution in [1.82, 2.24) is 0 Å². The van der Waals surface area contributed by atoms with E-state index in [2.05, 4.69) is 20.7 Å². The molecule has 0 radical (unpaired) electrons. The maximum atomic E-state index is 12.7. The average molecular weight is 424 g/mol. The number of ether oxygens (including phenoxy) is 1. The van der Waals surface area contributed by atoms with E-state index in [1.54, 1.807) is 18.2 Å². The maximum Gasteiger partial charge on any atom is 0.336 e. The Hall–Kier alpha value is -2.32. The van der Waals surface area contributed by atoms with Crippen LogP contribution < -0.4 is 15.1 Å². The Labute approximate surface area is 152 Å². The SMILES string of the molecule is COc1cc(C)c(Br)cc1S(=O)(=O)Nc1ccc2oc(=O)ccc2c1. The predicted octanol–water partition coefficient (Wildman–Crippen LogP) is 3.67.